The molecule has 2 aromatic heterocycles. The summed E-state index contributed by atoms with van der Waals surface area (Å²) < 4.78 is 7.56. The second-order valence-corrected chi connectivity index (χ2v) is 6.71. The maximum atomic E-state index is 11.3. The summed E-state index contributed by atoms with van der Waals surface area (Å²) in [6, 6.07) is 6.60. The number of aryl methyl sites for hydroxylation is 1. The molecule has 140 valence electrons. The molecule has 27 heavy (non-hydrogen) atoms. The zero-order chi connectivity index (χ0) is 19.0. The number of fused-ring (bicyclic) bond motifs is 3. The fourth-order valence-electron chi connectivity index (χ4n) is 3.80. The van der Waals surface area contributed by atoms with Crippen LogP contribution in [-0.4, -0.2) is 58.5 Å². The minimum absolute atomic E-state index is 0.0387. The minimum Gasteiger partial charge on any atom is -0.379 e. The lowest BCUT2D eigenvalue weighted by Gasteiger charge is -2.27. The van der Waals surface area contributed by atoms with Crippen molar-refractivity contribution in [2.45, 2.75) is 13.5 Å². The Balaban J connectivity index is 1.86. The number of aldehydes is 1. The van der Waals surface area contributed by atoms with Gasteiger partial charge in [0.2, 0.25) is 0 Å². The van der Waals surface area contributed by atoms with Crippen LogP contribution in [0.5, 0.6) is 0 Å². The maximum Gasteiger partial charge on any atom is 0.270 e. The first kappa shape index (κ1) is 17.6. The van der Waals surface area contributed by atoms with Gasteiger partial charge in [-0.15, -0.1) is 0 Å². The highest BCUT2D eigenvalue weighted by atomic mass is 16.6. The van der Waals surface area contributed by atoms with E-state index in [1.807, 2.05) is 6.92 Å². The average Bonchev–Trinajstić information content (AvgIpc) is 3.00. The van der Waals surface area contributed by atoms with Crippen LogP contribution in [0.4, 0.5) is 5.69 Å². The van der Waals surface area contributed by atoms with Crippen molar-refractivity contribution in [3.63, 3.8) is 0 Å². The van der Waals surface area contributed by atoms with Gasteiger partial charge in [0.15, 0.2) is 6.29 Å². The number of aromatic nitrogens is 2. The number of non-ortho nitro benzene ring substituents is 1. The first-order valence-corrected chi connectivity index (χ1v) is 8.92. The van der Waals surface area contributed by atoms with E-state index < -0.39 is 4.92 Å². The van der Waals surface area contributed by atoms with Crippen LogP contribution >= 0.6 is 0 Å². The van der Waals surface area contributed by atoms with Crippen molar-refractivity contribution < 1.29 is 14.5 Å². The molecule has 0 bridgehead atoms. The van der Waals surface area contributed by atoms with Crippen molar-refractivity contribution >= 4 is 33.8 Å². The Morgan fingerprint density at radius 1 is 1.22 bits per heavy atom. The van der Waals surface area contributed by atoms with Gasteiger partial charge in [-0.2, -0.15) is 0 Å². The highest BCUT2D eigenvalue weighted by Gasteiger charge is 2.19. The molecule has 0 radical (unpaired) electrons. The highest BCUT2D eigenvalue weighted by molar-refractivity contribution is 6.10. The Labute approximate surface area is 155 Å². The molecule has 4 rings (SSSR count). The average molecular weight is 368 g/mol. The van der Waals surface area contributed by atoms with E-state index in [0.29, 0.717) is 12.0 Å². The standard InChI is InChI=1S/C19H20N4O4/c1-13-19-17(10-14(12-24)20-13)16-11-15(23(25)26)2-3-18(16)22(19)5-4-21-6-8-27-9-7-21/h2-3,10-12H,4-9H2,1H3. The molecular weight excluding hydrogens is 348 g/mol. The van der Waals surface area contributed by atoms with Gasteiger partial charge in [-0.1, -0.05) is 0 Å². The fraction of sp³-hybridized carbons (Fsp3) is 0.368. The quantitative estimate of drug-likeness (QED) is 0.390. The number of carbonyl (C=O) groups excluding carboxylic acids is 1. The molecule has 0 spiro atoms. The summed E-state index contributed by atoms with van der Waals surface area (Å²) in [5.74, 6) is 0. The number of nitro groups is 1. The Hall–Kier alpha value is -2.84. The van der Waals surface area contributed by atoms with E-state index in [-0.39, 0.29) is 5.69 Å². The van der Waals surface area contributed by atoms with Gasteiger partial charge in [-0.25, -0.2) is 4.98 Å². The SMILES string of the molecule is Cc1nc(C=O)cc2c3cc([N+](=O)[O-])ccc3n(CCN3CCOCC3)c12. The van der Waals surface area contributed by atoms with Gasteiger partial charge in [-0.05, 0) is 19.1 Å². The summed E-state index contributed by atoms with van der Waals surface area (Å²) in [7, 11) is 0. The molecule has 0 aliphatic carbocycles. The number of nitrogens with zero attached hydrogens (tertiary/aromatic N) is 4. The Bertz CT molecular complexity index is 1040. The predicted molar refractivity (Wildman–Crippen MR) is 101 cm³/mol. The van der Waals surface area contributed by atoms with Crippen molar-refractivity contribution in [2.75, 3.05) is 32.8 Å². The van der Waals surface area contributed by atoms with Crippen LogP contribution in [0.2, 0.25) is 0 Å². The molecule has 0 unspecified atom stereocenters. The molecule has 1 saturated heterocycles. The monoisotopic (exact) mass is 368 g/mol. The summed E-state index contributed by atoms with van der Waals surface area (Å²) in [6.07, 6.45) is 0.709. The molecule has 3 aromatic rings. The third-order valence-electron chi connectivity index (χ3n) is 5.09. The van der Waals surface area contributed by atoms with E-state index in [2.05, 4.69) is 14.5 Å². The molecule has 0 N–H and O–H groups in total. The molecule has 1 fully saturated rings. The van der Waals surface area contributed by atoms with Gasteiger partial charge in [0.1, 0.15) is 5.69 Å². The van der Waals surface area contributed by atoms with Crippen molar-refractivity contribution in [3.8, 4) is 0 Å². The Kier molecular flexibility index (Phi) is 4.59. The van der Waals surface area contributed by atoms with Crippen LogP contribution in [0.3, 0.4) is 0 Å². The fourth-order valence-corrected chi connectivity index (χ4v) is 3.80. The maximum absolute atomic E-state index is 11.3. The highest BCUT2D eigenvalue weighted by Crippen LogP contribution is 2.33. The zero-order valence-corrected chi connectivity index (χ0v) is 15.1. The summed E-state index contributed by atoms with van der Waals surface area (Å²) in [5, 5.41) is 12.8. The molecule has 1 aliphatic rings. The third kappa shape index (κ3) is 3.17. The lowest BCUT2D eigenvalue weighted by Crippen LogP contribution is -2.38. The van der Waals surface area contributed by atoms with Gasteiger partial charge in [-0.3, -0.25) is 19.8 Å². The molecular formula is C19H20N4O4. The lowest BCUT2D eigenvalue weighted by molar-refractivity contribution is -0.384. The first-order valence-electron chi connectivity index (χ1n) is 8.92. The second-order valence-electron chi connectivity index (χ2n) is 6.71. The van der Waals surface area contributed by atoms with Crippen molar-refractivity contribution in [1.29, 1.82) is 0 Å². The number of rotatable bonds is 5. The molecule has 0 amide bonds. The van der Waals surface area contributed by atoms with Gasteiger partial charge in [0.05, 0.1) is 29.3 Å². The zero-order valence-electron chi connectivity index (χ0n) is 15.1. The molecule has 8 heteroatoms. The largest absolute Gasteiger partial charge is 0.379 e. The van der Waals surface area contributed by atoms with E-state index >= 15 is 0 Å². The Morgan fingerprint density at radius 2 is 2.00 bits per heavy atom. The van der Waals surface area contributed by atoms with Crippen molar-refractivity contribution in [1.82, 2.24) is 14.5 Å². The van der Waals surface area contributed by atoms with Crippen LogP contribution in [0.25, 0.3) is 21.8 Å². The van der Waals surface area contributed by atoms with Gasteiger partial charge < -0.3 is 9.30 Å². The number of pyridine rings is 1. The van der Waals surface area contributed by atoms with Gasteiger partial charge in [0, 0.05) is 54.6 Å². The van der Waals surface area contributed by atoms with E-state index in [1.165, 1.54) is 6.07 Å². The topological polar surface area (TPSA) is 90.5 Å². The second kappa shape index (κ2) is 7.05. The Morgan fingerprint density at radius 3 is 2.70 bits per heavy atom. The summed E-state index contributed by atoms with van der Waals surface area (Å²) >= 11 is 0. The number of ether oxygens (including phenoxy) is 1. The van der Waals surface area contributed by atoms with Crippen LogP contribution in [-0.2, 0) is 11.3 Å². The smallest absolute Gasteiger partial charge is 0.270 e. The van der Waals surface area contributed by atoms with E-state index in [0.717, 1.165) is 66.9 Å². The number of carbonyl (C=O) groups is 1. The van der Waals surface area contributed by atoms with E-state index in [4.69, 9.17) is 4.74 Å². The lowest BCUT2D eigenvalue weighted by atomic mass is 10.1. The van der Waals surface area contributed by atoms with Crippen LogP contribution in [0.1, 0.15) is 16.2 Å². The summed E-state index contributed by atoms with van der Waals surface area (Å²) in [6.45, 7) is 6.73. The molecule has 8 nitrogen and oxygen atoms in total. The first-order chi connectivity index (χ1) is 13.1. The van der Waals surface area contributed by atoms with E-state index in [1.54, 1.807) is 18.2 Å². The number of benzene rings is 1. The summed E-state index contributed by atoms with van der Waals surface area (Å²) in [5.41, 5.74) is 2.95. The molecule has 0 saturated carbocycles. The van der Waals surface area contributed by atoms with Gasteiger partial charge in [0.25, 0.3) is 5.69 Å². The van der Waals surface area contributed by atoms with Crippen molar-refractivity contribution in [2.24, 2.45) is 0 Å². The van der Waals surface area contributed by atoms with Crippen LogP contribution in [0.15, 0.2) is 24.3 Å². The predicted octanol–water partition coefficient (Wildman–Crippen LogP) is 2.55. The number of hydrogen-bond acceptors (Lipinski definition) is 6. The number of nitro benzene ring substituents is 1. The normalized spacial score (nSPS) is 15.4. The van der Waals surface area contributed by atoms with Crippen LogP contribution < -0.4 is 0 Å². The van der Waals surface area contributed by atoms with E-state index in [9.17, 15) is 14.9 Å². The number of morpholine rings is 1. The molecule has 1 aliphatic heterocycles. The van der Waals surface area contributed by atoms with Gasteiger partial charge >= 0.3 is 0 Å². The molecule has 1 aromatic carbocycles. The molecule has 3 heterocycles. The molecule has 0 atom stereocenters. The minimum atomic E-state index is -0.398. The van der Waals surface area contributed by atoms with Crippen molar-refractivity contribution in [3.05, 3.63) is 45.8 Å². The third-order valence-corrected chi connectivity index (χ3v) is 5.09. The van der Waals surface area contributed by atoms with Crippen LogP contribution in [0, 0.1) is 17.0 Å². The number of hydrogen-bond donors (Lipinski definition) is 0. The summed E-state index contributed by atoms with van der Waals surface area (Å²) in [4.78, 5) is 28.8.